The van der Waals surface area contributed by atoms with Gasteiger partial charge in [-0.3, -0.25) is 4.79 Å². The summed E-state index contributed by atoms with van der Waals surface area (Å²) in [4.78, 5) is 24.4. The first-order valence-corrected chi connectivity index (χ1v) is 8.64. The molecule has 0 unspecified atom stereocenters. The van der Waals surface area contributed by atoms with Crippen LogP contribution in [-0.2, 0) is 9.53 Å². The van der Waals surface area contributed by atoms with E-state index in [0.717, 1.165) is 12.8 Å². The van der Waals surface area contributed by atoms with Crippen LogP contribution in [0.15, 0.2) is 18.2 Å². The van der Waals surface area contributed by atoms with Crippen LogP contribution < -0.4 is 14.8 Å². The summed E-state index contributed by atoms with van der Waals surface area (Å²) in [6.45, 7) is 4.05. The minimum atomic E-state index is -0.615. The van der Waals surface area contributed by atoms with Crippen LogP contribution in [0.25, 0.3) is 0 Å². The third-order valence-electron chi connectivity index (χ3n) is 5.01. The standard InChI is InChI=1S/C19H27NO5/c1-12-6-5-7-16(13(12)2)20-18(21)11-25-19(22)15-10-14(23-3)8-9-17(15)24-4/h8-10,12-13,16H,5-7,11H2,1-4H3,(H,20,21)/t12-,13+,16-/m0/s1. The molecule has 1 aliphatic rings. The highest BCUT2D eigenvalue weighted by Crippen LogP contribution is 2.29. The van der Waals surface area contributed by atoms with Crippen molar-refractivity contribution in [3.05, 3.63) is 23.8 Å². The Morgan fingerprint density at radius 2 is 1.92 bits per heavy atom. The Morgan fingerprint density at radius 3 is 2.60 bits per heavy atom. The first kappa shape index (κ1) is 19.1. The Labute approximate surface area is 148 Å². The number of rotatable bonds is 6. The fourth-order valence-electron chi connectivity index (χ4n) is 3.22. The van der Waals surface area contributed by atoms with Gasteiger partial charge in [0, 0.05) is 6.04 Å². The minimum Gasteiger partial charge on any atom is -0.497 e. The first-order chi connectivity index (χ1) is 12.0. The van der Waals surface area contributed by atoms with Gasteiger partial charge in [-0.2, -0.15) is 0 Å². The average molecular weight is 349 g/mol. The maximum Gasteiger partial charge on any atom is 0.342 e. The maximum absolute atomic E-state index is 12.3. The second kappa shape index (κ2) is 8.74. The van der Waals surface area contributed by atoms with Gasteiger partial charge in [0.2, 0.25) is 0 Å². The van der Waals surface area contributed by atoms with Crippen LogP contribution in [-0.4, -0.2) is 38.7 Å². The van der Waals surface area contributed by atoms with E-state index in [2.05, 4.69) is 19.2 Å². The van der Waals surface area contributed by atoms with Gasteiger partial charge >= 0.3 is 5.97 Å². The van der Waals surface area contributed by atoms with Crippen molar-refractivity contribution in [2.45, 2.75) is 39.2 Å². The molecule has 1 aromatic rings. The van der Waals surface area contributed by atoms with Gasteiger partial charge in [-0.15, -0.1) is 0 Å². The Hall–Kier alpha value is -2.24. The van der Waals surface area contributed by atoms with Gasteiger partial charge in [0.25, 0.3) is 5.91 Å². The molecule has 0 radical (unpaired) electrons. The lowest BCUT2D eigenvalue weighted by Gasteiger charge is -2.34. The van der Waals surface area contributed by atoms with Crippen molar-refractivity contribution >= 4 is 11.9 Å². The molecule has 3 atom stereocenters. The summed E-state index contributed by atoms with van der Waals surface area (Å²) in [5, 5.41) is 2.98. The van der Waals surface area contributed by atoms with E-state index in [4.69, 9.17) is 14.2 Å². The van der Waals surface area contributed by atoms with Crippen LogP contribution in [0.4, 0.5) is 0 Å². The lowest BCUT2D eigenvalue weighted by molar-refractivity contribution is -0.125. The number of carbonyl (C=O) groups excluding carboxylic acids is 2. The van der Waals surface area contributed by atoms with Gasteiger partial charge in [-0.25, -0.2) is 4.79 Å². The van der Waals surface area contributed by atoms with Crippen LogP contribution >= 0.6 is 0 Å². The van der Waals surface area contributed by atoms with Crippen LogP contribution in [0.2, 0.25) is 0 Å². The summed E-state index contributed by atoms with van der Waals surface area (Å²) in [6.07, 6.45) is 3.27. The zero-order chi connectivity index (χ0) is 18.4. The number of ether oxygens (including phenoxy) is 3. The topological polar surface area (TPSA) is 73.9 Å². The second-order valence-electron chi connectivity index (χ2n) is 6.58. The molecule has 1 aliphatic carbocycles. The van der Waals surface area contributed by atoms with Crippen molar-refractivity contribution in [3.63, 3.8) is 0 Å². The number of amides is 1. The van der Waals surface area contributed by atoms with E-state index in [-0.39, 0.29) is 24.1 Å². The average Bonchev–Trinajstić information content (AvgIpc) is 2.63. The van der Waals surface area contributed by atoms with Gasteiger partial charge < -0.3 is 19.5 Å². The summed E-state index contributed by atoms with van der Waals surface area (Å²) < 4.78 is 15.4. The van der Waals surface area contributed by atoms with Crippen LogP contribution in [0, 0.1) is 11.8 Å². The number of nitrogens with one attached hydrogen (secondary N) is 1. The Bertz CT molecular complexity index is 616. The van der Waals surface area contributed by atoms with Gasteiger partial charge in [-0.1, -0.05) is 26.7 Å². The van der Waals surface area contributed by atoms with Gasteiger partial charge in [0.05, 0.1) is 14.2 Å². The molecular weight excluding hydrogens is 322 g/mol. The lowest BCUT2D eigenvalue weighted by Crippen LogP contribution is -2.45. The summed E-state index contributed by atoms with van der Waals surface area (Å²) in [6, 6.07) is 4.99. The van der Waals surface area contributed by atoms with Crippen LogP contribution in [0.1, 0.15) is 43.5 Å². The van der Waals surface area contributed by atoms with E-state index in [1.54, 1.807) is 12.1 Å². The highest BCUT2D eigenvalue weighted by Gasteiger charge is 2.28. The number of hydrogen-bond acceptors (Lipinski definition) is 5. The van der Waals surface area contributed by atoms with E-state index >= 15 is 0 Å². The number of carbonyl (C=O) groups is 2. The highest BCUT2D eigenvalue weighted by atomic mass is 16.5. The van der Waals surface area contributed by atoms with Gasteiger partial charge in [-0.05, 0) is 36.5 Å². The molecule has 6 nitrogen and oxygen atoms in total. The van der Waals surface area contributed by atoms with Gasteiger partial charge in [0.15, 0.2) is 6.61 Å². The summed E-state index contributed by atoms with van der Waals surface area (Å²) in [5.41, 5.74) is 0.231. The molecule has 1 saturated carbocycles. The molecule has 1 aromatic carbocycles. The largest absolute Gasteiger partial charge is 0.497 e. The number of hydrogen-bond donors (Lipinski definition) is 1. The Kier molecular flexibility index (Phi) is 6.67. The summed E-state index contributed by atoms with van der Waals surface area (Å²) in [5.74, 6) is 1.01. The van der Waals surface area contributed by atoms with Crippen molar-refractivity contribution in [2.24, 2.45) is 11.8 Å². The van der Waals surface area contributed by atoms with Crippen LogP contribution in [0.5, 0.6) is 11.5 Å². The van der Waals surface area contributed by atoms with Crippen molar-refractivity contribution in [1.29, 1.82) is 0 Å². The molecule has 0 aliphatic heterocycles. The third kappa shape index (κ3) is 4.87. The molecule has 138 valence electrons. The Balaban J connectivity index is 1.92. The molecule has 25 heavy (non-hydrogen) atoms. The fourth-order valence-corrected chi connectivity index (χ4v) is 3.22. The lowest BCUT2D eigenvalue weighted by atomic mass is 9.78. The molecule has 1 amide bonds. The number of benzene rings is 1. The molecular formula is C19H27NO5. The van der Waals surface area contributed by atoms with E-state index < -0.39 is 5.97 Å². The maximum atomic E-state index is 12.3. The molecule has 0 aromatic heterocycles. The molecule has 0 spiro atoms. The van der Waals surface area contributed by atoms with E-state index in [1.807, 2.05) is 0 Å². The van der Waals surface area contributed by atoms with Crippen molar-refractivity contribution in [3.8, 4) is 11.5 Å². The van der Waals surface area contributed by atoms with Crippen molar-refractivity contribution in [2.75, 3.05) is 20.8 Å². The molecule has 0 bridgehead atoms. The minimum absolute atomic E-state index is 0.140. The fraction of sp³-hybridized carbons (Fsp3) is 0.579. The smallest absolute Gasteiger partial charge is 0.342 e. The van der Waals surface area contributed by atoms with E-state index in [0.29, 0.717) is 23.3 Å². The molecule has 0 heterocycles. The van der Waals surface area contributed by atoms with E-state index in [9.17, 15) is 9.59 Å². The number of esters is 1. The zero-order valence-electron chi connectivity index (χ0n) is 15.3. The first-order valence-electron chi connectivity index (χ1n) is 8.64. The molecule has 1 fully saturated rings. The molecule has 2 rings (SSSR count). The Morgan fingerprint density at radius 1 is 1.16 bits per heavy atom. The van der Waals surface area contributed by atoms with Crippen LogP contribution in [0.3, 0.4) is 0 Å². The van der Waals surface area contributed by atoms with Gasteiger partial charge in [0.1, 0.15) is 17.1 Å². The quantitative estimate of drug-likeness (QED) is 0.800. The SMILES string of the molecule is COc1ccc(OC)c(C(=O)OCC(=O)N[C@H]2CCC[C@H](C)[C@H]2C)c1. The predicted molar refractivity (Wildman–Crippen MR) is 93.9 cm³/mol. The molecule has 1 N–H and O–H groups in total. The van der Waals surface area contributed by atoms with Crippen molar-refractivity contribution < 1.29 is 23.8 Å². The number of methoxy groups -OCH3 is 2. The summed E-state index contributed by atoms with van der Waals surface area (Å²) in [7, 11) is 2.98. The second-order valence-corrected chi connectivity index (χ2v) is 6.58. The predicted octanol–water partition coefficient (Wildman–Crippen LogP) is 2.80. The summed E-state index contributed by atoms with van der Waals surface area (Å²) >= 11 is 0. The normalized spacial score (nSPS) is 22.8. The van der Waals surface area contributed by atoms with E-state index in [1.165, 1.54) is 26.7 Å². The molecule has 6 heteroatoms. The zero-order valence-corrected chi connectivity index (χ0v) is 15.3. The molecule has 0 saturated heterocycles. The highest BCUT2D eigenvalue weighted by molar-refractivity contribution is 5.94. The van der Waals surface area contributed by atoms with Crippen molar-refractivity contribution in [1.82, 2.24) is 5.32 Å². The monoisotopic (exact) mass is 349 g/mol. The third-order valence-corrected chi connectivity index (χ3v) is 5.01.